The minimum absolute atomic E-state index is 0.0420. The molecule has 2 aromatic rings. The van der Waals surface area contributed by atoms with Crippen molar-refractivity contribution >= 4 is 23.4 Å². The first-order chi connectivity index (χ1) is 17.0. The van der Waals surface area contributed by atoms with Crippen molar-refractivity contribution in [3.63, 3.8) is 0 Å². The Bertz CT molecular complexity index is 1170. The van der Waals surface area contributed by atoms with Gasteiger partial charge in [-0.1, -0.05) is 46.2 Å². The summed E-state index contributed by atoms with van der Waals surface area (Å²) in [7, 11) is 0. The summed E-state index contributed by atoms with van der Waals surface area (Å²) in [4.78, 5) is 39.1. The van der Waals surface area contributed by atoms with E-state index >= 15 is 0 Å². The average Bonchev–Trinajstić information content (AvgIpc) is 3.07. The molecule has 7 heteroatoms. The normalized spacial score (nSPS) is 17.4. The molecule has 0 bridgehead atoms. The number of likely N-dealkylation sites (tertiary alicyclic amines) is 1. The van der Waals surface area contributed by atoms with Crippen LogP contribution in [-0.2, 0) is 19.8 Å². The molecule has 1 aliphatic heterocycles. The lowest BCUT2D eigenvalue weighted by Crippen LogP contribution is -2.30. The van der Waals surface area contributed by atoms with E-state index in [-0.39, 0.29) is 16.7 Å². The minimum Gasteiger partial charge on any atom is -0.507 e. The summed E-state index contributed by atoms with van der Waals surface area (Å²) >= 11 is 0. The molecule has 1 unspecified atom stereocenters. The maximum Gasteiger partial charge on any atom is 0.308 e. The van der Waals surface area contributed by atoms with E-state index in [0.717, 1.165) is 12.0 Å². The first-order valence-corrected chi connectivity index (χ1v) is 12.3. The lowest BCUT2D eigenvalue weighted by molar-refractivity contribution is -0.139. The topological polar surface area (TPSA) is 93.1 Å². The summed E-state index contributed by atoms with van der Waals surface area (Å²) in [6.07, 6.45) is 1.56. The van der Waals surface area contributed by atoms with Crippen molar-refractivity contribution in [2.75, 3.05) is 13.2 Å². The van der Waals surface area contributed by atoms with Crippen LogP contribution in [0.2, 0.25) is 0 Å². The number of amides is 1. The summed E-state index contributed by atoms with van der Waals surface area (Å²) in [6, 6.07) is 11.2. The van der Waals surface area contributed by atoms with Crippen LogP contribution in [0, 0.1) is 0 Å². The number of benzene rings is 2. The zero-order chi connectivity index (χ0) is 26.6. The molecule has 0 radical (unpaired) electrons. The maximum atomic E-state index is 13.2. The van der Waals surface area contributed by atoms with Gasteiger partial charge in [-0.15, -0.1) is 0 Å². The van der Waals surface area contributed by atoms with E-state index < -0.39 is 23.7 Å². The number of carbonyl (C=O) groups excluding carboxylic acids is 3. The fourth-order valence-electron chi connectivity index (χ4n) is 4.37. The zero-order valence-electron chi connectivity index (χ0n) is 21.9. The SMILES string of the molecule is CCCCN1C(=O)C(=O)/C(=C(\O)c2ccc(OCC)c(C(C)(C)C)c2)C1c1ccc(OC(C)=O)cc1. The third-order valence-corrected chi connectivity index (χ3v) is 6.11. The van der Waals surface area contributed by atoms with Gasteiger partial charge < -0.3 is 19.5 Å². The van der Waals surface area contributed by atoms with Gasteiger partial charge in [0.25, 0.3) is 11.7 Å². The van der Waals surface area contributed by atoms with Gasteiger partial charge in [-0.05, 0) is 54.7 Å². The molecule has 0 spiro atoms. The Labute approximate surface area is 212 Å². The van der Waals surface area contributed by atoms with Gasteiger partial charge in [-0.2, -0.15) is 0 Å². The molecular weight excluding hydrogens is 458 g/mol. The largest absolute Gasteiger partial charge is 0.507 e. The lowest BCUT2D eigenvalue weighted by Gasteiger charge is -2.26. The molecule has 2 aromatic carbocycles. The predicted molar refractivity (Wildman–Crippen MR) is 138 cm³/mol. The van der Waals surface area contributed by atoms with Gasteiger partial charge in [-0.25, -0.2) is 0 Å². The number of ether oxygens (including phenoxy) is 2. The molecule has 1 atom stereocenters. The number of hydrogen-bond donors (Lipinski definition) is 1. The van der Waals surface area contributed by atoms with E-state index in [4.69, 9.17) is 9.47 Å². The van der Waals surface area contributed by atoms with Crippen molar-refractivity contribution in [2.45, 2.75) is 65.8 Å². The monoisotopic (exact) mass is 493 g/mol. The van der Waals surface area contributed by atoms with E-state index in [1.54, 1.807) is 36.4 Å². The number of hydrogen-bond acceptors (Lipinski definition) is 6. The van der Waals surface area contributed by atoms with Crippen molar-refractivity contribution < 1.29 is 29.0 Å². The fourth-order valence-corrected chi connectivity index (χ4v) is 4.37. The number of nitrogens with zero attached hydrogens (tertiary/aromatic N) is 1. The van der Waals surface area contributed by atoms with Crippen LogP contribution < -0.4 is 9.47 Å². The molecule has 1 heterocycles. The van der Waals surface area contributed by atoms with Gasteiger partial charge in [0, 0.05) is 24.6 Å². The Balaban J connectivity index is 2.17. The fraction of sp³-hybridized carbons (Fsp3) is 0.414. The second-order valence-corrected chi connectivity index (χ2v) is 9.90. The molecule has 7 nitrogen and oxygen atoms in total. The number of aliphatic hydroxyl groups excluding tert-OH is 1. The molecule has 1 fully saturated rings. The Kier molecular flexibility index (Phi) is 8.23. The van der Waals surface area contributed by atoms with Crippen molar-refractivity contribution in [1.29, 1.82) is 0 Å². The van der Waals surface area contributed by atoms with E-state index in [2.05, 4.69) is 0 Å². The highest BCUT2D eigenvalue weighted by atomic mass is 16.5. The van der Waals surface area contributed by atoms with E-state index in [9.17, 15) is 19.5 Å². The number of Topliss-reactive ketones (excluding diaryl/α,β-unsaturated/α-hetero) is 1. The zero-order valence-corrected chi connectivity index (χ0v) is 21.9. The Hall–Kier alpha value is -3.61. The Morgan fingerprint density at radius 3 is 2.28 bits per heavy atom. The molecule has 192 valence electrons. The van der Waals surface area contributed by atoms with Crippen LogP contribution >= 0.6 is 0 Å². The molecule has 1 N–H and O–H groups in total. The van der Waals surface area contributed by atoms with Crippen molar-refractivity contribution in [3.05, 3.63) is 64.7 Å². The number of esters is 1. The molecular formula is C29H35NO6. The van der Waals surface area contributed by atoms with E-state index in [0.29, 0.717) is 42.2 Å². The van der Waals surface area contributed by atoms with Crippen molar-refractivity contribution in [3.8, 4) is 11.5 Å². The molecule has 1 amide bonds. The second-order valence-electron chi connectivity index (χ2n) is 9.90. The van der Waals surface area contributed by atoms with Crippen LogP contribution in [-0.4, -0.2) is 40.8 Å². The highest BCUT2D eigenvalue weighted by molar-refractivity contribution is 6.46. The third kappa shape index (κ3) is 5.61. The Morgan fingerprint density at radius 1 is 1.06 bits per heavy atom. The van der Waals surface area contributed by atoms with Crippen LogP contribution in [0.4, 0.5) is 0 Å². The summed E-state index contributed by atoms with van der Waals surface area (Å²) in [6.45, 7) is 12.2. The standard InChI is InChI=1S/C29H35NO6/c1-7-9-16-30-25(19-10-13-21(14-11-19)36-18(3)31)24(27(33)28(30)34)26(32)20-12-15-23(35-8-2)22(17-20)29(4,5)6/h10-15,17,25,32H,7-9,16H2,1-6H3/b26-24-. The van der Waals surface area contributed by atoms with Gasteiger partial charge in [0.05, 0.1) is 18.2 Å². The van der Waals surface area contributed by atoms with Gasteiger partial charge >= 0.3 is 5.97 Å². The van der Waals surface area contributed by atoms with Crippen LogP contribution in [0.5, 0.6) is 11.5 Å². The van der Waals surface area contributed by atoms with Crippen LogP contribution in [0.15, 0.2) is 48.0 Å². The molecule has 36 heavy (non-hydrogen) atoms. The predicted octanol–water partition coefficient (Wildman–Crippen LogP) is 5.53. The van der Waals surface area contributed by atoms with Crippen LogP contribution in [0.3, 0.4) is 0 Å². The number of ketones is 1. The molecule has 1 aliphatic rings. The summed E-state index contributed by atoms with van der Waals surface area (Å²) in [5, 5.41) is 11.4. The first kappa shape index (κ1) is 27.0. The molecule has 1 saturated heterocycles. The first-order valence-electron chi connectivity index (χ1n) is 12.3. The number of aliphatic hydroxyl groups is 1. The molecule has 0 saturated carbocycles. The number of rotatable bonds is 8. The van der Waals surface area contributed by atoms with Crippen LogP contribution in [0.25, 0.3) is 5.76 Å². The molecule has 0 aliphatic carbocycles. The quantitative estimate of drug-likeness (QED) is 0.171. The van der Waals surface area contributed by atoms with Gasteiger partial charge in [0.1, 0.15) is 17.3 Å². The van der Waals surface area contributed by atoms with Crippen LogP contribution in [0.1, 0.15) is 77.1 Å². The third-order valence-electron chi connectivity index (χ3n) is 6.11. The molecule has 0 aromatic heterocycles. The highest BCUT2D eigenvalue weighted by Gasteiger charge is 2.45. The number of carbonyl (C=O) groups is 3. The maximum absolute atomic E-state index is 13.2. The Morgan fingerprint density at radius 2 is 1.72 bits per heavy atom. The van der Waals surface area contributed by atoms with Gasteiger partial charge in [0.15, 0.2) is 0 Å². The number of unbranched alkanes of at least 4 members (excludes halogenated alkanes) is 1. The van der Waals surface area contributed by atoms with E-state index in [1.807, 2.05) is 40.7 Å². The smallest absolute Gasteiger partial charge is 0.308 e. The van der Waals surface area contributed by atoms with Gasteiger partial charge in [0.2, 0.25) is 0 Å². The summed E-state index contributed by atoms with van der Waals surface area (Å²) in [5.74, 6) is -0.956. The van der Waals surface area contributed by atoms with Crippen molar-refractivity contribution in [2.24, 2.45) is 0 Å². The second kappa shape index (κ2) is 11.0. The lowest BCUT2D eigenvalue weighted by atomic mass is 9.84. The minimum atomic E-state index is -0.757. The molecule has 3 rings (SSSR count). The van der Waals surface area contributed by atoms with Gasteiger partial charge in [-0.3, -0.25) is 14.4 Å². The average molecular weight is 494 g/mol. The summed E-state index contributed by atoms with van der Waals surface area (Å²) < 4.78 is 10.9. The van der Waals surface area contributed by atoms with Crippen molar-refractivity contribution in [1.82, 2.24) is 4.90 Å². The van der Waals surface area contributed by atoms with E-state index in [1.165, 1.54) is 11.8 Å². The summed E-state index contributed by atoms with van der Waals surface area (Å²) in [5.41, 5.74) is 1.74. The highest BCUT2D eigenvalue weighted by Crippen LogP contribution is 2.41.